The van der Waals surface area contributed by atoms with Crippen LogP contribution >= 0.6 is 11.3 Å². The van der Waals surface area contributed by atoms with E-state index < -0.39 is 5.41 Å². The molecule has 0 atom stereocenters. The number of fused-ring (bicyclic) bond motifs is 1. The van der Waals surface area contributed by atoms with E-state index in [1.165, 1.54) is 30.2 Å². The summed E-state index contributed by atoms with van der Waals surface area (Å²) < 4.78 is 17.4. The monoisotopic (exact) mass is 482 g/mol. The van der Waals surface area contributed by atoms with Crippen LogP contribution in [0.1, 0.15) is 37.7 Å². The number of hydrogen-bond donors (Lipinski definition) is 0. The van der Waals surface area contributed by atoms with E-state index in [4.69, 9.17) is 24.2 Å². The fourth-order valence-electron chi connectivity index (χ4n) is 3.54. The molecule has 1 aliphatic rings. The second kappa shape index (κ2) is 8.64. The number of hydrogen-bond acceptors (Lipinski definition) is 10. The van der Waals surface area contributed by atoms with Crippen molar-refractivity contribution >= 4 is 27.9 Å². The first kappa shape index (κ1) is 23.6. The molecule has 0 unspecified atom stereocenters. The molecule has 4 heterocycles. The topological polar surface area (TPSA) is 113 Å². The molecule has 1 aliphatic heterocycles. The summed E-state index contributed by atoms with van der Waals surface area (Å²) >= 11 is 1.23. The first-order valence-electron chi connectivity index (χ1n) is 10.5. The average Bonchev–Trinajstić information content (AvgIpc) is 3.37. The second-order valence-corrected chi connectivity index (χ2v) is 9.69. The summed E-state index contributed by atoms with van der Waals surface area (Å²) in [5.41, 5.74) is 2.83. The highest BCUT2D eigenvalue weighted by molar-refractivity contribution is 7.17. The molecule has 11 heteroatoms. The minimum atomic E-state index is -0.416. The second-order valence-electron chi connectivity index (χ2n) is 8.75. The van der Waals surface area contributed by atoms with Crippen LogP contribution in [0.2, 0.25) is 0 Å². The van der Waals surface area contributed by atoms with Crippen LogP contribution in [-0.2, 0) is 0 Å². The van der Waals surface area contributed by atoms with E-state index >= 15 is 0 Å². The van der Waals surface area contributed by atoms with E-state index in [-0.39, 0.29) is 5.56 Å². The van der Waals surface area contributed by atoms with Gasteiger partial charge in [0, 0.05) is 17.2 Å². The molecule has 0 amide bonds. The molecular weight excluding hydrogens is 456 g/mol. The van der Waals surface area contributed by atoms with E-state index in [0.29, 0.717) is 56.0 Å². The van der Waals surface area contributed by atoms with Gasteiger partial charge in [-0.25, -0.2) is 15.0 Å². The van der Waals surface area contributed by atoms with Crippen LogP contribution in [0, 0.1) is 19.3 Å². The first-order valence-corrected chi connectivity index (χ1v) is 11.3. The van der Waals surface area contributed by atoms with Gasteiger partial charge in [-0.2, -0.15) is 14.8 Å². The Morgan fingerprint density at radius 1 is 1.03 bits per heavy atom. The van der Waals surface area contributed by atoms with Gasteiger partial charge in [0.05, 0.1) is 38.3 Å². The number of aromatic nitrogens is 4. The van der Waals surface area contributed by atoms with Gasteiger partial charge in [-0.15, -0.1) is 0 Å². The average molecular weight is 483 g/mol. The molecule has 178 valence electrons. The summed E-state index contributed by atoms with van der Waals surface area (Å²) in [6, 6.07) is 1.89. The van der Waals surface area contributed by atoms with Crippen LogP contribution in [0.3, 0.4) is 0 Å². The number of aliphatic imine (C=N–C) groups is 1. The maximum absolute atomic E-state index is 13.4. The fraction of sp³-hybridized carbons (Fsp3) is 0.391. The van der Waals surface area contributed by atoms with Gasteiger partial charge in [-0.05, 0) is 25.5 Å². The molecule has 0 N–H and O–H groups in total. The molecule has 10 nitrogen and oxygen atoms in total. The van der Waals surface area contributed by atoms with Crippen LogP contribution in [0.25, 0.3) is 11.3 Å². The Bertz CT molecular complexity index is 1380. The van der Waals surface area contributed by atoms with Crippen molar-refractivity contribution in [1.82, 2.24) is 19.6 Å². The lowest BCUT2D eigenvalue weighted by Gasteiger charge is -2.17. The zero-order chi connectivity index (χ0) is 24.8. The largest absolute Gasteiger partial charge is 0.483 e. The maximum Gasteiger partial charge on any atom is 0.278 e. The number of pyridine rings is 1. The molecule has 0 aromatic carbocycles. The van der Waals surface area contributed by atoms with Crippen LogP contribution in [-0.4, -0.2) is 52.4 Å². The normalized spacial score (nSPS) is 14.2. The van der Waals surface area contributed by atoms with Gasteiger partial charge in [0.25, 0.3) is 11.4 Å². The quantitative estimate of drug-likeness (QED) is 0.544. The number of thiazole rings is 1. The highest BCUT2D eigenvalue weighted by Crippen LogP contribution is 2.39. The Kier molecular flexibility index (Phi) is 5.98. The van der Waals surface area contributed by atoms with Gasteiger partial charge < -0.3 is 14.2 Å². The smallest absolute Gasteiger partial charge is 0.278 e. The Hall–Kier alpha value is -3.60. The molecule has 0 saturated heterocycles. The number of rotatable bonds is 5. The van der Waals surface area contributed by atoms with Gasteiger partial charge in [0.15, 0.2) is 5.82 Å². The van der Waals surface area contributed by atoms with Crippen molar-refractivity contribution in [3.8, 4) is 28.1 Å². The number of aryl methyl sites for hydroxylation is 1. The SMILES string of the molecule is COc1ncc(C)cc1-c1nc2n(c(=O)c1C)N=C(C(C)(C)C)/C2=N/c1nc(OC)c(OC)s1. The highest BCUT2D eigenvalue weighted by atomic mass is 32.1. The minimum Gasteiger partial charge on any atom is -0.483 e. The zero-order valence-corrected chi connectivity index (χ0v) is 21.2. The van der Waals surface area contributed by atoms with E-state index in [1.807, 2.05) is 33.8 Å². The van der Waals surface area contributed by atoms with Gasteiger partial charge >= 0.3 is 0 Å². The number of nitrogens with zero attached hydrogens (tertiary/aromatic N) is 6. The van der Waals surface area contributed by atoms with Crippen LogP contribution in [0.5, 0.6) is 16.8 Å². The van der Waals surface area contributed by atoms with E-state index in [9.17, 15) is 4.79 Å². The number of methoxy groups -OCH3 is 3. The molecule has 0 spiro atoms. The Balaban J connectivity index is 1.99. The Morgan fingerprint density at radius 2 is 1.74 bits per heavy atom. The lowest BCUT2D eigenvalue weighted by atomic mass is 9.87. The summed E-state index contributed by atoms with van der Waals surface area (Å²) in [4.78, 5) is 31.8. The van der Waals surface area contributed by atoms with Gasteiger partial charge in [0.1, 0.15) is 5.71 Å². The first-order chi connectivity index (χ1) is 16.1. The van der Waals surface area contributed by atoms with Crippen molar-refractivity contribution in [2.24, 2.45) is 15.5 Å². The summed E-state index contributed by atoms with van der Waals surface area (Å²) in [7, 11) is 4.59. The van der Waals surface area contributed by atoms with Gasteiger partial charge in [0.2, 0.25) is 16.1 Å². The zero-order valence-electron chi connectivity index (χ0n) is 20.4. The predicted octanol–water partition coefficient (Wildman–Crippen LogP) is 3.79. The molecule has 0 saturated carbocycles. The Morgan fingerprint density at radius 3 is 2.32 bits per heavy atom. The third kappa shape index (κ3) is 3.96. The highest BCUT2D eigenvalue weighted by Gasteiger charge is 2.35. The predicted molar refractivity (Wildman–Crippen MR) is 131 cm³/mol. The van der Waals surface area contributed by atoms with Crippen LogP contribution < -0.4 is 19.8 Å². The third-order valence-electron chi connectivity index (χ3n) is 5.21. The van der Waals surface area contributed by atoms with Crippen molar-refractivity contribution in [1.29, 1.82) is 0 Å². The van der Waals surface area contributed by atoms with Crippen LogP contribution in [0.15, 0.2) is 27.2 Å². The molecule has 3 aromatic heterocycles. The van der Waals surface area contributed by atoms with Crippen molar-refractivity contribution in [3.63, 3.8) is 0 Å². The fourth-order valence-corrected chi connectivity index (χ4v) is 4.27. The molecular formula is C23H26N6O4S. The van der Waals surface area contributed by atoms with E-state index in [2.05, 4.69) is 15.1 Å². The summed E-state index contributed by atoms with van der Waals surface area (Å²) in [6.07, 6.45) is 1.70. The van der Waals surface area contributed by atoms with Gasteiger partial charge in [-0.3, -0.25) is 4.79 Å². The maximum atomic E-state index is 13.4. The molecule has 3 aromatic rings. The minimum absolute atomic E-state index is 0.287. The number of ether oxygens (including phenoxy) is 3. The summed E-state index contributed by atoms with van der Waals surface area (Å²) in [5.74, 6) is 1.05. The molecule has 34 heavy (non-hydrogen) atoms. The van der Waals surface area contributed by atoms with E-state index in [1.54, 1.807) is 20.2 Å². The Labute approximate surface area is 201 Å². The van der Waals surface area contributed by atoms with Gasteiger partial charge in [-0.1, -0.05) is 32.1 Å². The third-order valence-corrected chi connectivity index (χ3v) is 6.10. The van der Waals surface area contributed by atoms with Crippen molar-refractivity contribution in [2.45, 2.75) is 34.6 Å². The summed E-state index contributed by atoms with van der Waals surface area (Å²) in [6.45, 7) is 9.65. The van der Waals surface area contributed by atoms with Crippen molar-refractivity contribution in [2.75, 3.05) is 21.3 Å². The van der Waals surface area contributed by atoms with Crippen LogP contribution in [0.4, 0.5) is 5.13 Å². The standard InChI is InChI=1S/C23H26N6O4S/c1-11-9-13(18(31-6)24-10-11)14-12(2)20(30)29-17(25-14)15(16(28-29)23(3,4)5)26-22-27-19(32-7)21(33-8)34-22/h9-10H,1-8H3/b26-15-. The molecule has 0 radical (unpaired) electrons. The molecule has 4 rings (SSSR count). The molecule has 0 aliphatic carbocycles. The molecule has 0 bridgehead atoms. The lowest BCUT2D eigenvalue weighted by molar-refractivity contribution is 0.353. The summed E-state index contributed by atoms with van der Waals surface area (Å²) in [5, 5.41) is 5.52. The molecule has 0 fully saturated rings. The van der Waals surface area contributed by atoms with Crippen molar-refractivity contribution < 1.29 is 14.2 Å². The lowest BCUT2D eigenvalue weighted by Crippen LogP contribution is -2.28. The van der Waals surface area contributed by atoms with Crippen molar-refractivity contribution in [3.05, 3.63) is 39.6 Å². The van der Waals surface area contributed by atoms with E-state index in [0.717, 1.165) is 5.56 Å².